The van der Waals surface area contributed by atoms with Gasteiger partial charge in [0.15, 0.2) is 5.82 Å². The van der Waals surface area contributed by atoms with Crippen LogP contribution in [0.4, 0.5) is 10.8 Å². The van der Waals surface area contributed by atoms with Gasteiger partial charge in [0.25, 0.3) is 5.91 Å². The molecule has 0 saturated heterocycles. The number of carbonyl (C=O) groups excluding carboxylic acids is 1. The molecule has 0 atom stereocenters. The summed E-state index contributed by atoms with van der Waals surface area (Å²) in [6.07, 6.45) is 0.805. The Labute approximate surface area is 127 Å². The molecule has 0 bridgehead atoms. The standard InChI is InChI=1S/C14H18N4O2S/c1-16-13(19)11-12(15)18-21-14(11)17-8-5-9-20-10-6-3-2-4-7-10/h2-4,6-7,17H,5,8-9H2,1H3,(H2,15,18)(H,16,19). The summed E-state index contributed by atoms with van der Waals surface area (Å²) in [6.45, 7) is 1.28. The van der Waals surface area contributed by atoms with Gasteiger partial charge >= 0.3 is 0 Å². The third-order valence-corrected chi connectivity index (χ3v) is 3.61. The van der Waals surface area contributed by atoms with Gasteiger partial charge in [0.05, 0.1) is 6.61 Å². The van der Waals surface area contributed by atoms with Crippen LogP contribution in [0.1, 0.15) is 16.8 Å². The number of benzene rings is 1. The lowest BCUT2D eigenvalue weighted by Crippen LogP contribution is -2.20. The molecule has 2 aromatic rings. The van der Waals surface area contributed by atoms with Crippen molar-refractivity contribution in [3.8, 4) is 5.75 Å². The summed E-state index contributed by atoms with van der Waals surface area (Å²) < 4.78 is 9.59. The zero-order valence-corrected chi connectivity index (χ0v) is 12.6. The van der Waals surface area contributed by atoms with E-state index in [1.807, 2.05) is 30.3 Å². The fraction of sp³-hybridized carbons (Fsp3) is 0.286. The average Bonchev–Trinajstić information content (AvgIpc) is 2.88. The van der Waals surface area contributed by atoms with Crippen molar-refractivity contribution >= 4 is 28.3 Å². The summed E-state index contributed by atoms with van der Waals surface area (Å²) in [5.41, 5.74) is 6.11. The minimum absolute atomic E-state index is 0.232. The molecule has 1 heterocycles. The third kappa shape index (κ3) is 4.09. The SMILES string of the molecule is CNC(=O)c1c(N)nsc1NCCCOc1ccccc1. The quantitative estimate of drug-likeness (QED) is 0.681. The van der Waals surface area contributed by atoms with Crippen molar-refractivity contribution in [3.63, 3.8) is 0 Å². The topological polar surface area (TPSA) is 89.3 Å². The van der Waals surface area contributed by atoms with Crippen LogP contribution in [0.5, 0.6) is 5.75 Å². The predicted molar refractivity (Wildman–Crippen MR) is 85.0 cm³/mol. The fourth-order valence-electron chi connectivity index (χ4n) is 1.75. The van der Waals surface area contributed by atoms with Crippen LogP contribution in [0.15, 0.2) is 30.3 Å². The second-order valence-electron chi connectivity index (χ2n) is 4.29. The lowest BCUT2D eigenvalue weighted by atomic mass is 10.3. The summed E-state index contributed by atoms with van der Waals surface area (Å²) >= 11 is 1.19. The first-order valence-electron chi connectivity index (χ1n) is 6.61. The molecule has 0 unspecified atom stereocenters. The maximum Gasteiger partial charge on any atom is 0.257 e. The van der Waals surface area contributed by atoms with Crippen molar-refractivity contribution in [1.29, 1.82) is 0 Å². The highest BCUT2D eigenvalue weighted by molar-refractivity contribution is 7.11. The van der Waals surface area contributed by atoms with Gasteiger partial charge in [-0.2, -0.15) is 4.37 Å². The number of anilines is 2. The Balaban J connectivity index is 1.78. The highest BCUT2D eigenvalue weighted by atomic mass is 32.1. The van der Waals surface area contributed by atoms with Crippen molar-refractivity contribution in [2.24, 2.45) is 0 Å². The molecule has 112 valence electrons. The predicted octanol–water partition coefficient (Wildman–Crippen LogP) is 1.97. The zero-order valence-electron chi connectivity index (χ0n) is 11.8. The molecular weight excluding hydrogens is 288 g/mol. The smallest absolute Gasteiger partial charge is 0.257 e. The molecule has 6 nitrogen and oxygen atoms in total. The monoisotopic (exact) mass is 306 g/mol. The molecular formula is C14H18N4O2S. The van der Waals surface area contributed by atoms with Crippen LogP contribution >= 0.6 is 11.5 Å². The van der Waals surface area contributed by atoms with E-state index in [4.69, 9.17) is 10.5 Å². The highest BCUT2D eigenvalue weighted by Crippen LogP contribution is 2.26. The minimum atomic E-state index is -0.232. The van der Waals surface area contributed by atoms with Crippen LogP contribution in [-0.2, 0) is 0 Å². The minimum Gasteiger partial charge on any atom is -0.494 e. The summed E-state index contributed by atoms with van der Waals surface area (Å²) in [7, 11) is 1.57. The van der Waals surface area contributed by atoms with E-state index in [2.05, 4.69) is 15.0 Å². The summed E-state index contributed by atoms with van der Waals surface area (Å²) in [5, 5.41) is 6.41. The number of nitrogen functional groups attached to an aromatic ring is 1. The van der Waals surface area contributed by atoms with Crippen LogP contribution in [0.2, 0.25) is 0 Å². The van der Waals surface area contributed by atoms with E-state index in [1.165, 1.54) is 11.5 Å². The molecule has 0 fully saturated rings. The van der Waals surface area contributed by atoms with E-state index in [-0.39, 0.29) is 11.7 Å². The first-order valence-corrected chi connectivity index (χ1v) is 7.38. The van der Waals surface area contributed by atoms with Crippen LogP contribution < -0.4 is 21.1 Å². The number of amides is 1. The summed E-state index contributed by atoms with van der Waals surface area (Å²) in [6, 6.07) is 9.65. The van der Waals surface area contributed by atoms with Crippen molar-refractivity contribution in [2.75, 3.05) is 31.2 Å². The van der Waals surface area contributed by atoms with Gasteiger partial charge in [0.1, 0.15) is 16.3 Å². The first kappa shape index (κ1) is 15.1. The van der Waals surface area contributed by atoms with Crippen molar-refractivity contribution in [3.05, 3.63) is 35.9 Å². The molecule has 4 N–H and O–H groups in total. The van der Waals surface area contributed by atoms with Gasteiger partial charge in [0, 0.05) is 13.6 Å². The molecule has 2 rings (SSSR count). The van der Waals surface area contributed by atoms with Gasteiger partial charge in [-0.15, -0.1) is 0 Å². The molecule has 1 aromatic carbocycles. The van der Waals surface area contributed by atoms with E-state index < -0.39 is 0 Å². The number of nitrogens with zero attached hydrogens (tertiary/aromatic N) is 1. The number of hydrogen-bond acceptors (Lipinski definition) is 6. The normalized spacial score (nSPS) is 10.1. The largest absolute Gasteiger partial charge is 0.494 e. The van der Waals surface area contributed by atoms with Crippen molar-refractivity contribution in [2.45, 2.75) is 6.42 Å². The van der Waals surface area contributed by atoms with E-state index in [0.717, 1.165) is 12.2 Å². The highest BCUT2D eigenvalue weighted by Gasteiger charge is 2.17. The molecule has 1 aromatic heterocycles. The zero-order chi connectivity index (χ0) is 15.1. The molecule has 0 spiro atoms. The molecule has 7 heteroatoms. The Hall–Kier alpha value is -2.28. The van der Waals surface area contributed by atoms with Crippen molar-refractivity contribution < 1.29 is 9.53 Å². The van der Waals surface area contributed by atoms with E-state index >= 15 is 0 Å². The van der Waals surface area contributed by atoms with Gasteiger partial charge in [0.2, 0.25) is 0 Å². The maximum absolute atomic E-state index is 11.7. The molecule has 21 heavy (non-hydrogen) atoms. The van der Waals surface area contributed by atoms with Gasteiger partial charge in [-0.3, -0.25) is 4.79 Å². The second kappa shape index (κ2) is 7.49. The fourth-order valence-corrected chi connectivity index (χ4v) is 2.48. The van der Waals surface area contributed by atoms with Crippen LogP contribution in [0.3, 0.4) is 0 Å². The van der Waals surface area contributed by atoms with Crippen LogP contribution in [0.25, 0.3) is 0 Å². The number of rotatable bonds is 7. The molecule has 0 aliphatic rings. The number of para-hydroxylation sites is 1. The molecule has 0 aliphatic carbocycles. The van der Waals surface area contributed by atoms with Gasteiger partial charge < -0.3 is 21.1 Å². The third-order valence-electron chi connectivity index (χ3n) is 2.79. The molecule has 1 amide bonds. The first-order chi connectivity index (χ1) is 10.2. The lowest BCUT2D eigenvalue weighted by molar-refractivity contribution is 0.0965. The Morgan fingerprint density at radius 3 is 2.86 bits per heavy atom. The Morgan fingerprint density at radius 2 is 2.14 bits per heavy atom. The Kier molecular flexibility index (Phi) is 5.39. The van der Waals surface area contributed by atoms with E-state index in [1.54, 1.807) is 7.05 Å². The number of aromatic nitrogens is 1. The number of carbonyl (C=O) groups is 1. The summed E-state index contributed by atoms with van der Waals surface area (Å²) in [5.74, 6) is 0.872. The van der Waals surface area contributed by atoms with Crippen molar-refractivity contribution in [1.82, 2.24) is 9.69 Å². The van der Waals surface area contributed by atoms with Gasteiger partial charge in [-0.05, 0) is 30.1 Å². The maximum atomic E-state index is 11.7. The van der Waals surface area contributed by atoms with E-state index in [0.29, 0.717) is 23.7 Å². The average molecular weight is 306 g/mol. The molecule has 0 radical (unpaired) electrons. The second-order valence-corrected chi connectivity index (χ2v) is 5.07. The Bertz CT molecular complexity index is 586. The molecule has 0 saturated carbocycles. The van der Waals surface area contributed by atoms with Gasteiger partial charge in [-0.1, -0.05) is 18.2 Å². The number of hydrogen-bond donors (Lipinski definition) is 3. The lowest BCUT2D eigenvalue weighted by Gasteiger charge is -2.08. The number of ether oxygens (including phenoxy) is 1. The van der Waals surface area contributed by atoms with Crippen LogP contribution in [0, 0.1) is 0 Å². The van der Waals surface area contributed by atoms with E-state index in [9.17, 15) is 4.79 Å². The molecule has 0 aliphatic heterocycles. The van der Waals surface area contributed by atoms with Crippen LogP contribution in [-0.4, -0.2) is 30.5 Å². The van der Waals surface area contributed by atoms with Gasteiger partial charge in [-0.25, -0.2) is 0 Å². The Morgan fingerprint density at radius 1 is 1.38 bits per heavy atom. The number of nitrogens with two attached hydrogens (primary N) is 1. The number of nitrogens with one attached hydrogen (secondary N) is 2. The summed E-state index contributed by atoms with van der Waals surface area (Å²) in [4.78, 5) is 11.7.